The van der Waals surface area contributed by atoms with Crippen molar-refractivity contribution in [3.63, 3.8) is 0 Å². The van der Waals surface area contributed by atoms with Gasteiger partial charge in [-0.1, -0.05) is 44.1 Å². The minimum atomic E-state index is 0.286. The summed E-state index contributed by atoms with van der Waals surface area (Å²) in [5, 5.41) is 4.63. The van der Waals surface area contributed by atoms with E-state index in [1.54, 1.807) is 11.3 Å². The molecule has 0 aliphatic carbocycles. The summed E-state index contributed by atoms with van der Waals surface area (Å²) >= 11 is 9.34. The molecule has 18 heavy (non-hydrogen) atoms. The van der Waals surface area contributed by atoms with Gasteiger partial charge in [-0.05, 0) is 24.0 Å². The third-order valence-electron chi connectivity index (χ3n) is 3.00. The predicted molar refractivity (Wildman–Crippen MR) is 83.9 cm³/mol. The number of amidine groups is 1. The lowest BCUT2D eigenvalue weighted by Gasteiger charge is -2.35. The Hall–Kier alpha value is -0.190. The molecule has 100 valence electrons. The normalized spacial score (nSPS) is 23.1. The van der Waals surface area contributed by atoms with Gasteiger partial charge in [-0.25, -0.2) is 0 Å². The highest BCUT2D eigenvalue weighted by molar-refractivity contribution is 8.13. The number of nitrogens with one attached hydrogen (secondary N) is 1. The van der Waals surface area contributed by atoms with Crippen LogP contribution in [-0.2, 0) is 6.54 Å². The first kappa shape index (κ1) is 14.2. The summed E-state index contributed by atoms with van der Waals surface area (Å²) in [4.78, 5) is 5.87. The first-order valence-electron chi connectivity index (χ1n) is 6.13. The van der Waals surface area contributed by atoms with Gasteiger partial charge in [0.05, 0.1) is 10.9 Å². The summed E-state index contributed by atoms with van der Waals surface area (Å²) in [7, 11) is 0. The number of thioether (sulfide) groups is 1. The molecule has 0 radical (unpaired) electrons. The average molecular weight is 303 g/mol. The second kappa shape index (κ2) is 5.85. The van der Waals surface area contributed by atoms with E-state index in [1.165, 1.54) is 11.3 Å². The van der Waals surface area contributed by atoms with Gasteiger partial charge in [0.2, 0.25) is 0 Å². The largest absolute Gasteiger partial charge is 0.362 e. The standard InChI is InChI=1S/C13H19ClN2S2/c1-13(2,3)10-6-7-17-12(16-10)15-8-9-4-5-11(14)18-9/h4-5,10H,6-8H2,1-3H3,(H,15,16). The topological polar surface area (TPSA) is 24.4 Å². The van der Waals surface area contributed by atoms with Gasteiger partial charge in [0.1, 0.15) is 0 Å². The van der Waals surface area contributed by atoms with Crippen molar-refractivity contribution >= 4 is 39.9 Å². The summed E-state index contributed by atoms with van der Waals surface area (Å²) in [5.74, 6) is 1.15. The molecule has 0 aromatic carbocycles. The van der Waals surface area contributed by atoms with Crippen LogP contribution in [0.5, 0.6) is 0 Å². The highest BCUT2D eigenvalue weighted by Crippen LogP contribution is 2.28. The van der Waals surface area contributed by atoms with Crippen LogP contribution in [0.3, 0.4) is 0 Å². The molecule has 0 spiro atoms. The second-order valence-corrected chi connectivity index (χ2v) is 8.41. The number of aliphatic imine (C=N–C) groups is 1. The highest BCUT2D eigenvalue weighted by atomic mass is 35.5. The Kier molecular flexibility index (Phi) is 4.62. The van der Waals surface area contributed by atoms with E-state index < -0.39 is 0 Å². The minimum absolute atomic E-state index is 0.286. The molecule has 1 saturated heterocycles. The van der Waals surface area contributed by atoms with E-state index in [-0.39, 0.29) is 5.41 Å². The average Bonchev–Trinajstić information content (AvgIpc) is 2.72. The molecule has 1 aromatic heterocycles. The zero-order valence-electron chi connectivity index (χ0n) is 11.0. The Labute approximate surface area is 122 Å². The molecule has 0 bridgehead atoms. The number of hydrogen-bond acceptors (Lipinski definition) is 3. The molecule has 1 unspecified atom stereocenters. The van der Waals surface area contributed by atoms with Crippen LogP contribution in [0.15, 0.2) is 17.1 Å². The van der Waals surface area contributed by atoms with Gasteiger partial charge in [-0.3, -0.25) is 4.99 Å². The molecular formula is C13H19ClN2S2. The lowest BCUT2D eigenvalue weighted by molar-refractivity contribution is 0.290. The molecular weight excluding hydrogens is 284 g/mol. The monoisotopic (exact) mass is 302 g/mol. The zero-order valence-corrected chi connectivity index (χ0v) is 13.4. The molecule has 1 aromatic rings. The van der Waals surface area contributed by atoms with Crippen molar-refractivity contribution in [1.82, 2.24) is 5.32 Å². The molecule has 2 rings (SSSR count). The van der Waals surface area contributed by atoms with E-state index in [2.05, 4.69) is 31.1 Å². The van der Waals surface area contributed by atoms with E-state index in [0.717, 1.165) is 21.8 Å². The van der Waals surface area contributed by atoms with Crippen LogP contribution in [0.25, 0.3) is 0 Å². The van der Waals surface area contributed by atoms with E-state index in [9.17, 15) is 0 Å². The maximum atomic E-state index is 5.91. The van der Waals surface area contributed by atoms with Crippen molar-refractivity contribution in [3.8, 4) is 0 Å². The van der Waals surface area contributed by atoms with Gasteiger partial charge in [-0.2, -0.15) is 0 Å². The number of thiophene rings is 1. The van der Waals surface area contributed by atoms with E-state index in [0.29, 0.717) is 6.04 Å². The van der Waals surface area contributed by atoms with Crippen LogP contribution >= 0.6 is 34.7 Å². The molecule has 2 heterocycles. The highest BCUT2D eigenvalue weighted by Gasteiger charge is 2.28. The maximum Gasteiger partial charge on any atom is 0.157 e. The fraction of sp³-hybridized carbons (Fsp3) is 0.615. The summed E-state index contributed by atoms with van der Waals surface area (Å²) < 4.78 is 0.835. The van der Waals surface area contributed by atoms with Crippen molar-refractivity contribution in [2.75, 3.05) is 5.75 Å². The summed E-state index contributed by atoms with van der Waals surface area (Å²) in [6, 6.07) is 4.50. The Morgan fingerprint density at radius 1 is 1.44 bits per heavy atom. The van der Waals surface area contributed by atoms with E-state index in [4.69, 9.17) is 11.6 Å². The minimum Gasteiger partial charge on any atom is -0.362 e. The lowest BCUT2D eigenvalue weighted by Crippen LogP contribution is -2.46. The number of halogens is 1. The van der Waals surface area contributed by atoms with Gasteiger partial charge >= 0.3 is 0 Å². The number of nitrogens with zero attached hydrogens (tertiary/aromatic N) is 1. The molecule has 0 amide bonds. The van der Waals surface area contributed by atoms with Gasteiger partial charge in [0, 0.05) is 16.7 Å². The van der Waals surface area contributed by atoms with E-state index in [1.807, 2.05) is 23.9 Å². The molecule has 1 aliphatic rings. The van der Waals surface area contributed by atoms with Crippen LogP contribution in [0.2, 0.25) is 4.34 Å². The summed E-state index contributed by atoms with van der Waals surface area (Å²) in [5.41, 5.74) is 0.286. The molecule has 1 atom stereocenters. The molecule has 1 fully saturated rings. The van der Waals surface area contributed by atoms with Crippen LogP contribution in [0.1, 0.15) is 32.1 Å². The zero-order chi connectivity index (χ0) is 13.2. The first-order valence-corrected chi connectivity index (χ1v) is 8.31. The molecule has 2 nitrogen and oxygen atoms in total. The molecule has 1 aliphatic heterocycles. The Bertz CT molecular complexity index is 434. The fourth-order valence-corrected chi connectivity index (χ4v) is 3.80. The van der Waals surface area contributed by atoms with Crippen LogP contribution in [0, 0.1) is 5.41 Å². The second-order valence-electron chi connectivity index (χ2n) is 5.53. The van der Waals surface area contributed by atoms with Crippen molar-refractivity contribution < 1.29 is 0 Å². The van der Waals surface area contributed by atoms with E-state index >= 15 is 0 Å². The fourth-order valence-electron chi connectivity index (χ4n) is 1.86. The molecule has 5 heteroatoms. The smallest absolute Gasteiger partial charge is 0.157 e. The van der Waals surface area contributed by atoms with Gasteiger partial charge in [0.25, 0.3) is 0 Å². The lowest BCUT2D eigenvalue weighted by atomic mass is 9.85. The Balaban J connectivity index is 1.96. The first-order chi connectivity index (χ1) is 8.45. The molecule has 0 saturated carbocycles. The Morgan fingerprint density at radius 2 is 2.22 bits per heavy atom. The summed E-state index contributed by atoms with van der Waals surface area (Å²) in [6.07, 6.45) is 1.21. The van der Waals surface area contributed by atoms with Crippen LogP contribution in [-0.4, -0.2) is 17.0 Å². The van der Waals surface area contributed by atoms with Gasteiger partial charge in [0.15, 0.2) is 5.17 Å². The van der Waals surface area contributed by atoms with Gasteiger partial charge < -0.3 is 5.32 Å². The van der Waals surface area contributed by atoms with Crippen molar-refractivity contribution in [1.29, 1.82) is 0 Å². The van der Waals surface area contributed by atoms with Crippen molar-refractivity contribution in [2.24, 2.45) is 10.4 Å². The number of rotatable bonds is 2. The molecule has 1 N–H and O–H groups in total. The van der Waals surface area contributed by atoms with Crippen LogP contribution in [0.4, 0.5) is 0 Å². The van der Waals surface area contributed by atoms with Crippen molar-refractivity contribution in [2.45, 2.75) is 39.8 Å². The van der Waals surface area contributed by atoms with Gasteiger partial charge in [-0.15, -0.1) is 11.3 Å². The van der Waals surface area contributed by atoms with Crippen LogP contribution < -0.4 is 5.32 Å². The van der Waals surface area contributed by atoms with Crippen molar-refractivity contribution in [3.05, 3.63) is 21.3 Å². The Morgan fingerprint density at radius 3 is 2.83 bits per heavy atom. The SMILES string of the molecule is CC(C)(C)C1CCSC(=NCc2ccc(Cl)s2)N1. The third-order valence-corrected chi connectivity index (χ3v) is 5.17. The third kappa shape index (κ3) is 3.90. The summed E-state index contributed by atoms with van der Waals surface area (Å²) in [6.45, 7) is 7.55. The quantitative estimate of drug-likeness (QED) is 0.875. The predicted octanol–water partition coefficient (Wildman–Crippen LogP) is 4.40. The number of hydrogen-bond donors (Lipinski definition) is 1. The maximum absolute atomic E-state index is 5.91.